The summed E-state index contributed by atoms with van der Waals surface area (Å²) in [4.78, 5) is 0. The molecule has 0 unspecified atom stereocenters. The number of hydrogen-bond donors (Lipinski definition) is 2. The van der Waals surface area contributed by atoms with Gasteiger partial charge in [-0.05, 0) is 24.3 Å². The molecule has 6 nitrogen and oxygen atoms in total. The quantitative estimate of drug-likeness (QED) is 0.619. The maximum absolute atomic E-state index is 9.66. The van der Waals surface area contributed by atoms with Crippen molar-refractivity contribution in [2.75, 3.05) is 14.2 Å². The summed E-state index contributed by atoms with van der Waals surface area (Å²) in [6, 6.07) is 6.19. The van der Waals surface area contributed by atoms with E-state index in [9.17, 15) is 10.2 Å². The molecule has 0 aliphatic carbocycles. The van der Waals surface area contributed by atoms with Crippen LogP contribution in [0.4, 0.5) is 0 Å². The molecule has 0 radical (unpaired) electrons. The van der Waals surface area contributed by atoms with Gasteiger partial charge in [-0.1, -0.05) is 23.2 Å². The van der Waals surface area contributed by atoms with Crippen LogP contribution in [0, 0.1) is 0 Å². The number of halogens is 2. The largest absolute Gasteiger partial charge is 0.503 e. The van der Waals surface area contributed by atoms with E-state index in [0.29, 0.717) is 11.1 Å². The van der Waals surface area contributed by atoms with Crippen LogP contribution in [0.2, 0.25) is 10.0 Å². The lowest BCUT2D eigenvalue weighted by atomic mass is 10.2. The predicted molar refractivity (Wildman–Crippen MR) is 94.5 cm³/mol. The third-order valence-electron chi connectivity index (χ3n) is 3.02. The van der Waals surface area contributed by atoms with Crippen LogP contribution >= 0.6 is 23.2 Å². The zero-order valence-electron chi connectivity index (χ0n) is 12.8. The highest BCUT2D eigenvalue weighted by Gasteiger charge is 2.08. The standard InChI is InChI=1S/C16H14Cl2N2O4/c1-23-13-5-9(3-11(17)15(13)21)7-19-20-8-10-4-12(18)16(22)14(6-10)24-2/h3-8,21-22H,1-2H3/b19-7+,20-8+. The lowest BCUT2D eigenvalue weighted by molar-refractivity contribution is 0.373. The van der Waals surface area contributed by atoms with Crippen LogP contribution in [0.25, 0.3) is 0 Å². The summed E-state index contributed by atoms with van der Waals surface area (Å²) < 4.78 is 10.0. The third kappa shape index (κ3) is 4.10. The van der Waals surface area contributed by atoms with Gasteiger partial charge in [0, 0.05) is 11.1 Å². The summed E-state index contributed by atoms with van der Waals surface area (Å²) in [5.74, 6) is 0.210. The molecule has 24 heavy (non-hydrogen) atoms. The first-order valence-electron chi connectivity index (χ1n) is 6.65. The van der Waals surface area contributed by atoms with Crippen LogP contribution in [0.15, 0.2) is 34.5 Å². The van der Waals surface area contributed by atoms with Crippen LogP contribution in [-0.4, -0.2) is 36.9 Å². The second kappa shape index (κ2) is 7.90. The Labute approximate surface area is 148 Å². The normalized spacial score (nSPS) is 11.3. The van der Waals surface area contributed by atoms with Gasteiger partial charge in [-0.3, -0.25) is 0 Å². The van der Waals surface area contributed by atoms with Crippen molar-refractivity contribution >= 4 is 35.6 Å². The topological polar surface area (TPSA) is 83.6 Å². The number of phenolic OH excluding ortho intramolecular Hbond substituents is 2. The molecule has 126 valence electrons. The SMILES string of the molecule is COc1cc(/C=N/N=C/c2cc(Cl)c(O)c(OC)c2)cc(Cl)c1O. The van der Waals surface area contributed by atoms with E-state index >= 15 is 0 Å². The van der Waals surface area contributed by atoms with Crippen LogP contribution in [0.5, 0.6) is 23.0 Å². The fraction of sp³-hybridized carbons (Fsp3) is 0.125. The molecule has 0 aromatic heterocycles. The molecule has 2 aromatic carbocycles. The second-order valence-corrected chi connectivity index (χ2v) is 5.41. The Morgan fingerprint density at radius 1 is 0.792 bits per heavy atom. The van der Waals surface area contributed by atoms with E-state index in [0.717, 1.165) is 0 Å². The molecule has 8 heteroatoms. The molecule has 0 saturated heterocycles. The second-order valence-electron chi connectivity index (χ2n) is 4.60. The number of aromatic hydroxyl groups is 2. The summed E-state index contributed by atoms with van der Waals surface area (Å²) in [5.41, 5.74) is 1.21. The lowest BCUT2D eigenvalue weighted by Crippen LogP contribution is -1.89. The summed E-state index contributed by atoms with van der Waals surface area (Å²) in [6.07, 6.45) is 2.90. The molecular formula is C16H14Cl2N2O4. The fourth-order valence-corrected chi connectivity index (χ4v) is 2.29. The molecule has 2 aromatic rings. The Morgan fingerprint density at radius 3 is 1.50 bits per heavy atom. The number of methoxy groups -OCH3 is 2. The molecule has 2 N–H and O–H groups in total. The molecular weight excluding hydrogens is 355 g/mol. The zero-order valence-corrected chi connectivity index (χ0v) is 14.3. The van der Waals surface area contributed by atoms with Crippen molar-refractivity contribution in [3.05, 3.63) is 45.4 Å². The maximum atomic E-state index is 9.66. The van der Waals surface area contributed by atoms with Crippen LogP contribution < -0.4 is 9.47 Å². The average molecular weight is 369 g/mol. The van der Waals surface area contributed by atoms with E-state index in [-0.39, 0.29) is 33.0 Å². The monoisotopic (exact) mass is 368 g/mol. The van der Waals surface area contributed by atoms with Crippen molar-refractivity contribution in [2.45, 2.75) is 0 Å². The minimum atomic E-state index is -0.134. The number of phenols is 2. The Balaban J connectivity index is 2.19. The molecule has 0 heterocycles. The van der Waals surface area contributed by atoms with E-state index < -0.39 is 0 Å². The Kier molecular flexibility index (Phi) is 5.89. The highest BCUT2D eigenvalue weighted by atomic mass is 35.5. The smallest absolute Gasteiger partial charge is 0.176 e. The molecule has 0 saturated carbocycles. The van der Waals surface area contributed by atoms with E-state index in [1.807, 2.05) is 0 Å². The summed E-state index contributed by atoms with van der Waals surface area (Å²) in [7, 11) is 2.85. The van der Waals surface area contributed by atoms with Crippen molar-refractivity contribution in [1.29, 1.82) is 0 Å². The number of benzene rings is 2. The van der Waals surface area contributed by atoms with Gasteiger partial charge in [-0.15, -0.1) is 0 Å². The Hall–Kier alpha value is -2.44. The van der Waals surface area contributed by atoms with Gasteiger partial charge in [0.2, 0.25) is 0 Å². The van der Waals surface area contributed by atoms with E-state index in [2.05, 4.69) is 10.2 Å². The first-order valence-corrected chi connectivity index (χ1v) is 7.41. The molecule has 0 aliphatic heterocycles. The Bertz CT molecular complexity index is 740. The van der Waals surface area contributed by atoms with Crippen molar-refractivity contribution in [3.8, 4) is 23.0 Å². The Morgan fingerprint density at radius 2 is 1.17 bits per heavy atom. The molecule has 0 spiro atoms. The van der Waals surface area contributed by atoms with Crippen molar-refractivity contribution < 1.29 is 19.7 Å². The molecule has 0 atom stereocenters. The third-order valence-corrected chi connectivity index (χ3v) is 3.60. The summed E-state index contributed by atoms with van der Waals surface area (Å²) in [5, 5.41) is 27.4. The van der Waals surface area contributed by atoms with Gasteiger partial charge in [0.15, 0.2) is 23.0 Å². The van der Waals surface area contributed by atoms with Gasteiger partial charge in [0.05, 0.1) is 36.7 Å². The van der Waals surface area contributed by atoms with Crippen LogP contribution in [-0.2, 0) is 0 Å². The number of nitrogens with zero attached hydrogens (tertiary/aromatic N) is 2. The molecule has 0 amide bonds. The highest BCUT2D eigenvalue weighted by Crippen LogP contribution is 2.35. The first kappa shape index (κ1) is 17.9. The number of rotatable bonds is 5. The molecule has 2 rings (SSSR count). The zero-order chi connectivity index (χ0) is 17.7. The minimum Gasteiger partial charge on any atom is -0.503 e. The predicted octanol–water partition coefficient (Wildman–Crippen LogP) is 3.87. The minimum absolute atomic E-state index is 0.134. The molecule has 0 aliphatic rings. The summed E-state index contributed by atoms with van der Waals surface area (Å²) in [6.45, 7) is 0. The van der Waals surface area contributed by atoms with Gasteiger partial charge in [0.1, 0.15) is 0 Å². The molecule has 0 fully saturated rings. The van der Waals surface area contributed by atoms with Gasteiger partial charge in [0.25, 0.3) is 0 Å². The van der Waals surface area contributed by atoms with Crippen LogP contribution in [0.3, 0.4) is 0 Å². The lowest BCUT2D eigenvalue weighted by Gasteiger charge is -2.06. The first-order chi connectivity index (χ1) is 11.5. The highest BCUT2D eigenvalue weighted by molar-refractivity contribution is 6.32. The van der Waals surface area contributed by atoms with Gasteiger partial charge in [-0.2, -0.15) is 10.2 Å². The molecule has 0 bridgehead atoms. The van der Waals surface area contributed by atoms with Crippen LogP contribution in [0.1, 0.15) is 11.1 Å². The average Bonchev–Trinajstić information content (AvgIpc) is 2.57. The summed E-state index contributed by atoms with van der Waals surface area (Å²) >= 11 is 11.8. The number of ether oxygens (including phenoxy) is 2. The van der Waals surface area contributed by atoms with E-state index in [1.54, 1.807) is 12.1 Å². The maximum Gasteiger partial charge on any atom is 0.176 e. The van der Waals surface area contributed by atoms with Crippen molar-refractivity contribution in [2.24, 2.45) is 10.2 Å². The van der Waals surface area contributed by atoms with Crippen molar-refractivity contribution in [3.63, 3.8) is 0 Å². The van der Waals surface area contributed by atoms with E-state index in [1.165, 1.54) is 38.8 Å². The van der Waals surface area contributed by atoms with Gasteiger partial charge < -0.3 is 19.7 Å². The van der Waals surface area contributed by atoms with Gasteiger partial charge >= 0.3 is 0 Å². The fourth-order valence-electron chi connectivity index (χ4n) is 1.85. The number of hydrogen-bond acceptors (Lipinski definition) is 6. The van der Waals surface area contributed by atoms with Crippen molar-refractivity contribution in [1.82, 2.24) is 0 Å². The van der Waals surface area contributed by atoms with E-state index in [4.69, 9.17) is 32.7 Å². The van der Waals surface area contributed by atoms with Gasteiger partial charge in [-0.25, -0.2) is 0 Å².